The van der Waals surface area contributed by atoms with Crippen LogP contribution in [0.15, 0.2) is 58.8 Å². The largest absolute Gasteiger partial charge is 0.496 e. The minimum Gasteiger partial charge on any atom is -0.496 e. The van der Waals surface area contributed by atoms with E-state index < -0.39 is 15.6 Å². The van der Waals surface area contributed by atoms with Crippen LogP contribution in [-0.2, 0) is 27.8 Å². The lowest BCUT2D eigenvalue weighted by Crippen LogP contribution is -2.52. The number of thiophene rings is 1. The molecule has 0 saturated carbocycles. The second-order valence-electron chi connectivity index (χ2n) is 9.98. The van der Waals surface area contributed by atoms with Crippen molar-refractivity contribution in [1.82, 2.24) is 15.1 Å². The summed E-state index contributed by atoms with van der Waals surface area (Å²) in [5, 5.41) is 8.62. The summed E-state index contributed by atoms with van der Waals surface area (Å²) in [5.41, 5.74) is 2.37. The van der Waals surface area contributed by atoms with Gasteiger partial charge in [-0.05, 0) is 74.5 Å². The Balaban J connectivity index is 1.39. The standard InChI is InChI=1S/C28H31ClN4O4S2/c1-28(15-3-4-16-30-28)23(34)12-11-19-7-5-8-20(17-19)18-33-21-9-6-10-22(37-2)26(21)27(31-33)32-39(35,36)25-14-13-24(29)38-25/h5-10,13-14,17,30H,3-4,11-12,15-16,18H2,1-2H3,(H,31,32). The van der Waals surface area contributed by atoms with Gasteiger partial charge in [-0.3, -0.25) is 14.2 Å². The van der Waals surface area contributed by atoms with E-state index in [4.69, 9.17) is 16.3 Å². The number of nitrogens with zero attached hydrogens (tertiary/aromatic N) is 2. The number of ketones is 1. The van der Waals surface area contributed by atoms with E-state index in [1.807, 2.05) is 37.3 Å². The Labute approximate surface area is 237 Å². The fourth-order valence-electron chi connectivity index (χ4n) is 5.06. The summed E-state index contributed by atoms with van der Waals surface area (Å²) in [6.07, 6.45) is 4.21. The molecule has 5 rings (SSSR count). The number of piperidine rings is 1. The zero-order valence-corrected chi connectivity index (χ0v) is 24.3. The normalized spacial score (nSPS) is 17.8. The Bertz CT molecular complexity index is 1610. The Morgan fingerprint density at radius 2 is 1.97 bits per heavy atom. The van der Waals surface area contributed by atoms with Gasteiger partial charge in [-0.1, -0.05) is 41.9 Å². The predicted molar refractivity (Wildman–Crippen MR) is 156 cm³/mol. The molecule has 1 saturated heterocycles. The molecule has 0 bridgehead atoms. The Morgan fingerprint density at radius 1 is 1.18 bits per heavy atom. The van der Waals surface area contributed by atoms with Gasteiger partial charge in [0.05, 0.1) is 34.4 Å². The lowest BCUT2D eigenvalue weighted by Gasteiger charge is -2.33. The van der Waals surface area contributed by atoms with Crippen LogP contribution >= 0.6 is 22.9 Å². The molecule has 0 amide bonds. The first kappa shape index (κ1) is 27.6. The van der Waals surface area contributed by atoms with E-state index in [2.05, 4.69) is 21.2 Å². The summed E-state index contributed by atoms with van der Waals surface area (Å²) in [6, 6.07) is 16.6. The van der Waals surface area contributed by atoms with E-state index in [-0.39, 0.29) is 15.8 Å². The molecule has 4 aromatic rings. The van der Waals surface area contributed by atoms with E-state index in [1.54, 1.807) is 16.8 Å². The predicted octanol–water partition coefficient (Wildman–Crippen LogP) is 5.64. The van der Waals surface area contributed by atoms with Crippen LogP contribution in [0.4, 0.5) is 5.82 Å². The monoisotopic (exact) mass is 586 g/mol. The maximum atomic E-state index is 13.1. The molecule has 3 heterocycles. The van der Waals surface area contributed by atoms with Gasteiger partial charge in [0.15, 0.2) is 11.6 Å². The van der Waals surface area contributed by atoms with Gasteiger partial charge < -0.3 is 10.1 Å². The van der Waals surface area contributed by atoms with Crippen LogP contribution in [0, 0.1) is 0 Å². The minimum atomic E-state index is -3.89. The molecule has 1 aliphatic heterocycles. The number of fused-ring (bicyclic) bond motifs is 1. The van der Waals surface area contributed by atoms with E-state index in [9.17, 15) is 13.2 Å². The van der Waals surface area contributed by atoms with Gasteiger partial charge in [-0.2, -0.15) is 5.10 Å². The number of aromatic nitrogens is 2. The molecule has 8 nitrogen and oxygen atoms in total. The molecule has 0 aliphatic carbocycles. The van der Waals surface area contributed by atoms with Gasteiger partial charge in [0, 0.05) is 6.42 Å². The molecule has 1 fully saturated rings. The lowest BCUT2D eigenvalue weighted by molar-refractivity contribution is -0.125. The molecule has 11 heteroatoms. The number of hydrogen-bond donors (Lipinski definition) is 2. The smallest absolute Gasteiger partial charge is 0.272 e. The average Bonchev–Trinajstić information content (AvgIpc) is 3.52. The molecule has 0 spiro atoms. The first-order valence-electron chi connectivity index (χ1n) is 12.9. The molecule has 39 heavy (non-hydrogen) atoms. The van der Waals surface area contributed by atoms with Crippen molar-refractivity contribution in [2.45, 2.75) is 55.3 Å². The highest BCUT2D eigenvalue weighted by Crippen LogP contribution is 2.35. The Kier molecular flexibility index (Phi) is 8.00. The number of aryl methyl sites for hydroxylation is 1. The number of Topliss-reactive ketones (excluding diaryl/α,β-unsaturated/α-hetero) is 1. The van der Waals surface area contributed by atoms with Crippen LogP contribution < -0.4 is 14.8 Å². The fraction of sp³-hybridized carbons (Fsp3) is 0.357. The highest BCUT2D eigenvalue weighted by atomic mass is 35.5. The van der Waals surface area contributed by atoms with Crippen LogP contribution in [-0.4, -0.2) is 43.2 Å². The third kappa shape index (κ3) is 5.99. The van der Waals surface area contributed by atoms with E-state index >= 15 is 0 Å². The van der Waals surface area contributed by atoms with Crippen molar-refractivity contribution >= 4 is 55.5 Å². The van der Waals surface area contributed by atoms with Gasteiger partial charge in [-0.25, -0.2) is 8.42 Å². The average molecular weight is 587 g/mol. The summed E-state index contributed by atoms with van der Waals surface area (Å²) in [4.78, 5) is 12.9. The number of methoxy groups -OCH3 is 1. The van der Waals surface area contributed by atoms with Crippen LogP contribution in [0.2, 0.25) is 4.34 Å². The number of rotatable bonds is 10. The quantitative estimate of drug-likeness (QED) is 0.249. The van der Waals surface area contributed by atoms with Crippen molar-refractivity contribution < 1.29 is 17.9 Å². The Hall–Kier alpha value is -2.92. The van der Waals surface area contributed by atoms with E-state index in [0.717, 1.165) is 53.8 Å². The fourth-order valence-corrected chi connectivity index (χ4v) is 7.56. The van der Waals surface area contributed by atoms with Crippen molar-refractivity contribution in [1.29, 1.82) is 0 Å². The maximum Gasteiger partial charge on any atom is 0.272 e. The molecule has 1 unspecified atom stereocenters. The topological polar surface area (TPSA) is 102 Å². The number of nitrogens with one attached hydrogen (secondary N) is 2. The molecule has 2 N–H and O–H groups in total. The SMILES string of the molecule is COc1cccc2c1c(NS(=O)(=O)c1ccc(Cl)s1)nn2Cc1cccc(CCC(=O)C2(C)CCCCN2)c1. The second kappa shape index (κ2) is 11.3. The summed E-state index contributed by atoms with van der Waals surface area (Å²) in [5.74, 6) is 0.946. The van der Waals surface area contributed by atoms with Crippen molar-refractivity contribution in [3.05, 3.63) is 70.1 Å². The molecule has 1 aliphatic rings. The van der Waals surface area contributed by atoms with Gasteiger partial charge in [-0.15, -0.1) is 11.3 Å². The van der Waals surface area contributed by atoms with Crippen molar-refractivity contribution in [3.63, 3.8) is 0 Å². The highest BCUT2D eigenvalue weighted by molar-refractivity contribution is 7.94. The summed E-state index contributed by atoms with van der Waals surface area (Å²) in [7, 11) is -2.35. The van der Waals surface area contributed by atoms with Gasteiger partial charge in [0.2, 0.25) is 0 Å². The van der Waals surface area contributed by atoms with E-state index in [1.165, 1.54) is 13.2 Å². The minimum absolute atomic E-state index is 0.102. The van der Waals surface area contributed by atoms with Crippen LogP contribution in [0.25, 0.3) is 10.9 Å². The second-order valence-corrected chi connectivity index (χ2v) is 13.6. The molecular weight excluding hydrogens is 556 g/mol. The van der Waals surface area contributed by atoms with Gasteiger partial charge in [0.1, 0.15) is 9.96 Å². The summed E-state index contributed by atoms with van der Waals surface area (Å²) >= 11 is 6.95. The number of hydrogen-bond acceptors (Lipinski definition) is 7. The molecule has 206 valence electrons. The zero-order valence-electron chi connectivity index (χ0n) is 21.9. The maximum absolute atomic E-state index is 13.1. The van der Waals surface area contributed by atoms with Crippen LogP contribution in [0.5, 0.6) is 5.75 Å². The number of ether oxygens (including phenoxy) is 1. The van der Waals surface area contributed by atoms with Crippen LogP contribution in [0.1, 0.15) is 43.7 Å². The first-order chi connectivity index (χ1) is 18.7. The lowest BCUT2D eigenvalue weighted by atomic mass is 9.84. The number of benzene rings is 2. The van der Waals surface area contributed by atoms with Gasteiger partial charge in [0.25, 0.3) is 10.0 Å². The Morgan fingerprint density at radius 3 is 2.69 bits per heavy atom. The number of halogens is 1. The number of carbonyl (C=O) groups excluding carboxylic acids is 1. The number of carbonyl (C=O) groups is 1. The van der Waals surface area contributed by atoms with Crippen molar-refractivity contribution in [2.75, 3.05) is 18.4 Å². The van der Waals surface area contributed by atoms with Crippen molar-refractivity contribution in [2.24, 2.45) is 0 Å². The zero-order chi connectivity index (χ0) is 27.6. The van der Waals surface area contributed by atoms with Gasteiger partial charge >= 0.3 is 0 Å². The number of sulfonamides is 1. The summed E-state index contributed by atoms with van der Waals surface area (Å²) < 4.78 is 36.5. The third-order valence-electron chi connectivity index (χ3n) is 7.20. The molecule has 0 radical (unpaired) electrons. The molecule has 2 aromatic carbocycles. The van der Waals surface area contributed by atoms with Crippen LogP contribution in [0.3, 0.4) is 0 Å². The highest BCUT2D eigenvalue weighted by Gasteiger charge is 2.33. The molecule has 2 aromatic heterocycles. The molecule has 1 atom stereocenters. The first-order valence-corrected chi connectivity index (χ1v) is 15.5. The number of anilines is 1. The molecular formula is C28H31ClN4O4S2. The third-order valence-corrected chi connectivity index (χ3v) is 10.3. The van der Waals surface area contributed by atoms with E-state index in [0.29, 0.717) is 34.9 Å². The summed E-state index contributed by atoms with van der Waals surface area (Å²) in [6.45, 7) is 3.32. The van der Waals surface area contributed by atoms with Crippen molar-refractivity contribution in [3.8, 4) is 5.75 Å².